The van der Waals surface area contributed by atoms with Crippen molar-refractivity contribution in [1.82, 2.24) is 5.32 Å². The second kappa shape index (κ2) is 11.9. The zero-order valence-electron chi connectivity index (χ0n) is 15.5. The Morgan fingerprint density at radius 3 is 2.46 bits per heavy atom. The van der Waals surface area contributed by atoms with Gasteiger partial charge >= 0.3 is 0 Å². The maximum absolute atomic E-state index is 12.0. The number of carbonyl (C=O) groups is 2. The minimum absolute atomic E-state index is 0.120. The monoisotopic (exact) mass is 335 g/mol. The number of ether oxygens (including phenoxy) is 1. The molecule has 1 amide bonds. The van der Waals surface area contributed by atoms with Gasteiger partial charge in [-0.05, 0) is 38.7 Å². The summed E-state index contributed by atoms with van der Waals surface area (Å²) in [7, 11) is 0. The van der Waals surface area contributed by atoms with Gasteiger partial charge in [0.25, 0.3) is 5.91 Å². The largest absolute Gasteiger partial charge is 0.465 e. The molecule has 0 aromatic heterocycles. The topological polar surface area (TPSA) is 55.4 Å². The highest BCUT2D eigenvalue weighted by atomic mass is 16.5. The summed E-state index contributed by atoms with van der Waals surface area (Å²) in [6, 6.07) is 0. The molecule has 0 aromatic rings. The summed E-state index contributed by atoms with van der Waals surface area (Å²) in [4.78, 5) is 23.8. The molecule has 1 saturated heterocycles. The molecular formula is C20H33NO3. The van der Waals surface area contributed by atoms with Crippen molar-refractivity contribution in [2.75, 3.05) is 0 Å². The van der Waals surface area contributed by atoms with Gasteiger partial charge in [0.1, 0.15) is 0 Å². The highest BCUT2D eigenvalue weighted by molar-refractivity contribution is 6.00. The minimum Gasteiger partial charge on any atom is -0.465 e. The number of rotatable bonds is 12. The molecule has 1 N–H and O–H groups in total. The van der Waals surface area contributed by atoms with Gasteiger partial charge < -0.3 is 4.74 Å². The molecule has 0 radical (unpaired) electrons. The normalized spacial score (nSPS) is 19.5. The Bertz CT molecular complexity index is 466. The molecule has 1 fully saturated rings. The van der Waals surface area contributed by atoms with Crippen molar-refractivity contribution in [2.45, 2.75) is 91.1 Å². The molecule has 1 aliphatic heterocycles. The molecule has 0 bridgehead atoms. The van der Waals surface area contributed by atoms with E-state index >= 15 is 0 Å². The predicted octanol–water partition coefficient (Wildman–Crippen LogP) is 4.80. The number of nitrogens with one attached hydrogen (secondary N) is 1. The smallest absolute Gasteiger partial charge is 0.267 e. The van der Waals surface area contributed by atoms with Crippen molar-refractivity contribution < 1.29 is 14.3 Å². The van der Waals surface area contributed by atoms with Gasteiger partial charge in [0, 0.05) is 6.08 Å². The molecule has 1 heterocycles. The van der Waals surface area contributed by atoms with E-state index in [9.17, 15) is 9.59 Å². The molecule has 4 heteroatoms. The predicted molar refractivity (Wildman–Crippen MR) is 97.4 cm³/mol. The third kappa shape index (κ3) is 8.32. The first-order chi connectivity index (χ1) is 11.6. The van der Waals surface area contributed by atoms with Crippen molar-refractivity contribution >= 4 is 11.7 Å². The SMILES string of the molecule is CCCCCCC/C(C)=C/C(=O)/C=C1\NC(=O)[C@H](CCCCC)O1. The number of carbonyl (C=O) groups excluding carboxylic acids is 2. The summed E-state index contributed by atoms with van der Waals surface area (Å²) >= 11 is 0. The summed E-state index contributed by atoms with van der Waals surface area (Å²) in [5, 5.41) is 2.65. The highest BCUT2D eigenvalue weighted by Crippen LogP contribution is 2.17. The van der Waals surface area contributed by atoms with E-state index in [4.69, 9.17) is 4.74 Å². The number of amides is 1. The number of unbranched alkanes of at least 4 members (excludes halogenated alkanes) is 6. The average molecular weight is 335 g/mol. The number of hydrogen-bond donors (Lipinski definition) is 1. The van der Waals surface area contributed by atoms with E-state index in [1.165, 1.54) is 31.8 Å². The lowest BCUT2D eigenvalue weighted by Gasteiger charge is -2.06. The molecule has 0 unspecified atom stereocenters. The van der Waals surface area contributed by atoms with E-state index < -0.39 is 6.10 Å². The lowest BCUT2D eigenvalue weighted by Crippen LogP contribution is -2.22. The first-order valence-electron chi connectivity index (χ1n) is 9.47. The summed E-state index contributed by atoms with van der Waals surface area (Å²) in [5.74, 6) is 0.0332. The Morgan fingerprint density at radius 2 is 1.75 bits per heavy atom. The zero-order valence-corrected chi connectivity index (χ0v) is 15.5. The molecule has 0 aromatic carbocycles. The molecule has 1 rings (SSSR count). The fourth-order valence-corrected chi connectivity index (χ4v) is 2.77. The summed E-state index contributed by atoms with van der Waals surface area (Å²) in [6.45, 7) is 6.31. The van der Waals surface area contributed by atoms with Gasteiger partial charge in [-0.3, -0.25) is 14.9 Å². The quantitative estimate of drug-likeness (QED) is 0.412. The number of hydrogen-bond acceptors (Lipinski definition) is 3. The number of ketones is 1. The maximum Gasteiger partial charge on any atom is 0.267 e. The van der Waals surface area contributed by atoms with Gasteiger partial charge in [-0.1, -0.05) is 57.9 Å². The zero-order chi connectivity index (χ0) is 17.8. The Labute approximate surface area is 146 Å². The van der Waals surface area contributed by atoms with Gasteiger partial charge in [0.2, 0.25) is 0 Å². The number of allylic oxidation sites excluding steroid dienone is 3. The molecule has 1 atom stereocenters. The second-order valence-electron chi connectivity index (χ2n) is 6.66. The Morgan fingerprint density at radius 1 is 1.08 bits per heavy atom. The van der Waals surface area contributed by atoms with Gasteiger partial charge in [0.05, 0.1) is 0 Å². The van der Waals surface area contributed by atoms with Crippen LogP contribution in [0.25, 0.3) is 0 Å². The van der Waals surface area contributed by atoms with E-state index in [2.05, 4.69) is 19.2 Å². The highest BCUT2D eigenvalue weighted by Gasteiger charge is 2.29. The van der Waals surface area contributed by atoms with Gasteiger partial charge in [0.15, 0.2) is 17.8 Å². The van der Waals surface area contributed by atoms with Crippen LogP contribution in [0.3, 0.4) is 0 Å². The Balaban J connectivity index is 2.38. The van der Waals surface area contributed by atoms with Gasteiger partial charge in [-0.25, -0.2) is 0 Å². The van der Waals surface area contributed by atoms with Crippen molar-refractivity contribution in [1.29, 1.82) is 0 Å². The summed E-state index contributed by atoms with van der Waals surface area (Å²) < 4.78 is 5.55. The fraction of sp³-hybridized carbons (Fsp3) is 0.700. The van der Waals surface area contributed by atoms with Crippen molar-refractivity contribution in [3.8, 4) is 0 Å². The average Bonchev–Trinajstić information content (AvgIpc) is 2.86. The van der Waals surface area contributed by atoms with Crippen LogP contribution in [0, 0.1) is 0 Å². The molecule has 0 saturated carbocycles. The second-order valence-corrected chi connectivity index (χ2v) is 6.66. The van der Waals surface area contributed by atoms with Gasteiger partial charge in [-0.15, -0.1) is 0 Å². The summed E-state index contributed by atoms with van der Waals surface area (Å²) in [6.07, 6.45) is 13.5. The van der Waals surface area contributed by atoms with E-state index in [0.29, 0.717) is 12.3 Å². The van der Waals surface area contributed by atoms with Crippen LogP contribution >= 0.6 is 0 Å². The van der Waals surface area contributed by atoms with E-state index in [-0.39, 0.29) is 11.7 Å². The lowest BCUT2D eigenvalue weighted by atomic mass is 10.1. The van der Waals surface area contributed by atoms with E-state index in [1.54, 1.807) is 6.08 Å². The van der Waals surface area contributed by atoms with Crippen LogP contribution in [-0.4, -0.2) is 17.8 Å². The lowest BCUT2D eigenvalue weighted by molar-refractivity contribution is -0.123. The maximum atomic E-state index is 12.0. The Hall–Kier alpha value is -1.58. The van der Waals surface area contributed by atoms with Crippen LogP contribution in [0.15, 0.2) is 23.6 Å². The molecule has 136 valence electrons. The third-order valence-corrected chi connectivity index (χ3v) is 4.21. The van der Waals surface area contributed by atoms with Crippen LogP contribution in [0.4, 0.5) is 0 Å². The van der Waals surface area contributed by atoms with Crippen LogP contribution in [0.5, 0.6) is 0 Å². The van der Waals surface area contributed by atoms with Crippen molar-refractivity contribution in [2.24, 2.45) is 0 Å². The summed E-state index contributed by atoms with van der Waals surface area (Å²) in [5.41, 5.74) is 1.08. The van der Waals surface area contributed by atoms with Crippen LogP contribution < -0.4 is 5.32 Å². The Kier molecular flexibility index (Phi) is 10.1. The van der Waals surface area contributed by atoms with E-state index in [1.807, 2.05) is 6.92 Å². The third-order valence-electron chi connectivity index (χ3n) is 4.21. The molecule has 0 spiro atoms. The first-order valence-corrected chi connectivity index (χ1v) is 9.47. The van der Waals surface area contributed by atoms with Crippen LogP contribution in [0.2, 0.25) is 0 Å². The first kappa shape index (κ1) is 20.5. The van der Waals surface area contributed by atoms with Crippen LogP contribution in [-0.2, 0) is 14.3 Å². The molecule has 4 nitrogen and oxygen atoms in total. The molecule has 1 aliphatic rings. The molecule has 0 aliphatic carbocycles. The standard InChI is InChI=1S/C20H33NO3/c1-4-6-8-9-11-12-16(3)14-17(22)15-19-21-20(23)18(24-19)13-10-7-5-2/h14-15,18H,4-13H2,1-3H3,(H,21,23)/b16-14+,19-15+/t18-/m0/s1. The van der Waals surface area contributed by atoms with Gasteiger partial charge in [-0.2, -0.15) is 0 Å². The van der Waals surface area contributed by atoms with Crippen molar-refractivity contribution in [3.05, 3.63) is 23.6 Å². The minimum atomic E-state index is -0.445. The van der Waals surface area contributed by atoms with E-state index in [0.717, 1.165) is 37.7 Å². The molecule has 24 heavy (non-hydrogen) atoms. The fourth-order valence-electron chi connectivity index (χ4n) is 2.77. The van der Waals surface area contributed by atoms with Crippen LogP contribution in [0.1, 0.15) is 85.0 Å². The van der Waals surface area contributed by atoms with Crippen molar-refractivity contribution in [3.63, 3.8) is 0 Å². The molecular weight excluding hydrogens is 302 g/mol.